The van der Waals surface area contributed by atoms with Crippen LogP contribution in [0.25, 0.3) is 0 Å². The van der Waals surface area contributed by atoms with Crippen LogP contribution in [0.2, 0.25) is 0 Å². The fraction of sp³-hybridized carbons (Fsp3) is 0.316. The number of benzene rings is 1. The van der Waals surface area contributed by atoms with E-state index in [-0.39, 0.29) is 36.8 Å². The summed E-state index contributed by atoms with van der Waals surface area (Å²) in [6.45, 7) is 3.71. The van der Waals surface area contributed by atoms with Crippen LogP contribution in [0.4, 0.5) is 13.2 Å². The van der Waals surface area contributed by atoms with E-state index in [1.54, 1.807) is 13.8 Å². The number of carbonyl (C=O) groups is 2. The maximum Gasteiger partial charge on any atom is 0.416 e. The molecule has 0 aliphatic heterocycles. The number of nitrogens with one attached hydrogen (secondary N) is 1. The van der Waals surface area contributed by atoms with Crippen LogP contribution in [0.1, 0.15) is 39.0 Å². The summed E-state index contributed by atoms with van der Waals surface area (Å²) in [7, 11) is 0. The molecule has 9 heteroatoms. The van der Waals surface area contributed by atoms with Gasteiger partial charge in [-0.05, 0) is 50.2 Å². The number of esters is 1. The highest BCUT2D eigenvalue weighted by atomic mass is 19.4. The van der Waals surface area contributed by atoms with E-state index >= 15 is 0 Å². The molecule has 0 saturated carbocycles. The van der Waals surface area contributed by atoms with Crippen molar-refractivity contribution in [3.05, 3.63) is 58.9 Å². The van der Waals surface area contributed by atoms with E-state index in [1.807, 2.05) is 0 Å². The Balaban J connectivity index is 1.84. The molecule has 0 aliphatic rings. The molecule has 0 spiro atoms. The highest BCUT2D eigenvalue weighted by Gasteiger charge is 2.30. The number of nitrogens with zero attached hydrogens (tertiary/aromatic N) is 1. The number of pyridine rings is 1. The lowest BCUT2D eigenvalue weighted by molar-refractivity contribution is -0.137. The molecule has 1 aromatic heterocycles. The number of aryl methyl sites for hydroxylation is 1. The van der Waals surface area contributed by atoms with Gasteiger partial charge in [-0.25, -0.2) is 9.78 Å². The van der Waals surface area contributed by atoms with Gasteiger partial charge in [0, 0.05) is 0 Å². The normalized spacial score (nSPS) is 11.0. The van der Waals surface area contributed by atoms with Crippen LogP contribution in [0.5, 0.6) is 5.75 Å². The van der Waals surface area contributed by atoms with Gasteiger partial charge in [-0.2, -0.15) is 13.2 Å². The highest BCUT2D eigenvalue weighted by molar-refractivity contribution is 5.95. The van der Waals surface area contributed by atoms with Crippen LogP contribution in [-0.2, 0) is 10.9 Å². The van der Waals surface area contributed by atoms with Crippen molar-refractivity contribution in [2.75, 3.05) is 19.8 Å². The van der Waals surface area contributed by atoms with Crippen molar-refractivity contribution in [1.29, 1.82) is 0 Å². The maximum atomic E-state index is 12.5. The number of aromatic nitrogens is 1. The minimum Gasteiger partial charge on any atom is -0.492 e. The summed E-state index contributed by atoms with van der Waals surface area (Å²) in [5, 5.41) is 2.58. The molecule has 0 saturated heterocycles. The van der Waals surface area contributed by atoms with Crippen LogP contribution < -0.4 is 10.1 Å². The van der Waals surface area contributed by atoms with Gasteiger partial charge >= 0.3 is 12.1 Å². The van der Waals surface area contributed by atoms with E-state index in [0.29, 0.717) is 5.69 Å². The molecule has 0 bridgehead atoms. The molecule has 0 unspecified atom stereocenters. The molecule has 1 aromatic carbocycles. The molecule has 1 amide bonds. The van der Waals surface area contributed by atoms with Crippen molar-refractivity contribution in [2.45, 2.75) is 20.0 Å². The Bertz CT molecular complexity index is 836. The number of hydrogen-bond donors (Lipinski definition) is 1. The van der Waals surface area contributed by atoms with Crippen molar-refractivity contribution >= 4 is 11.9 Å². The Labute approximate surface area is 159 Å². The molecule has 6 nitrogen and oxygen atoms in total. The molecule has 150 valence electrons. The SMILES string of the molecule is CCOC(=O)c1ccc(C(=O)NCCOc2ccc(C(F)(F)F)cc2)nc1C. The van der Waals surface area contributed by atoms with Gasteiger partial charge in [0.2, 0.25) is 0 Å². The standard InChI is InChI=1S/C19H19F3N2O4/c1-3-27-18(26)15-8-9-16(24-12(15)2)17(25)23-10-11-28-14-6-4-13(5-7-14)19(20,21)22/h4-9H,3,10-11H2,1-2H3,(H,23,25). The Morgan fingerprint density at radius 2 is 1.79 bits per heavy atom. The van der Waals surface area contributed by atoms with Crippen molar-refractivity contribution in [3.8, 4) is 5.75 Å². The van der Waals surface area contributed by atoms with Gasteiger partial charge in [0.15, 0.2) is 0 Å². The Morgan fingerprint density at radius 3 is 2.36 bits per heavy atom. The zero-order chi connectivity index (χ0) is 20.7. The number of hydrogen-bond acceptors (Lipinski definition) is 5. The summed E-state index contributed by atoms with van der Waals surface area (Å²) in [5.41, 5.74) is 0.0112. The summed E-state index contributed by atoms with van der Waals surface area (Å²) >= 11 is 0. The van der Waals surface area contributed by atoms with Crippen molar-refractivity contribution < 1.29 is 32.2 Å². The summed E-state index contributed by atoms with van der Waals surface area (Å²) in [5.74, 6) is -0.714. The molecule has 28 heavy (non-hydrogen) atoms. The lowest BCUT2D eigenvalue weighted by Gasteiger charge is -2.10. The average molecular weight is 396 g/mol. The highest BCUT2D eigenvalue weighted by Crippen LogP contribution is 2.30. The number of rotatable bonds is 7. The van der Waals surface area contributed by atoms with Crippen LogP contribution >= 0.6 is 0 Å². The molecule has 2 rings (SSSR count). The number of amides is 1. The smallest absolute Gasteiger partial charge is 0.416 e. The van der Waals surface area contributed by atoms with Crippen LogP contribution in [0.3, 0.4) is 0 Å². The Hall–Kier alpha value is -3.10. The van der Waals surface area contributed by atoms with Gasteiger partial charge in [-0.15, -0.1) is 0 Å². The van der Waals surface area contributed by atoms with E-state index in [9.17, 15) is 22.8 Å². The fourth-order valence-corrected chi connectivity index (χ4v) is 2.28. The van der Waals surface area contributed by atoms with Crippen LogP contribution in [0.15, 0.2) is 36.4 Å². The average Bonchev–Trinajstić information content (AvgIpc) is 2.64. The lowest BCUT2D eigenvalue weighted by Crippen LogP contribution is -2.29. The fourth-order valence-electron chi connectivity index (χ4n) is 2.28. The predicted octanol–water partition coefficient (Wildman–Crippen LogP) is 3.39. The quantitative estimate of drug-likeness (QED) is 0.573. The first-order valence-electron chi connectivity index (χ1n) is 8.45. The zero-order valence-electron chi connectivity index (χ0n) is 15.3. The summed E-state index contributed by atoms with van der Waals surface area (Å²) < 4.78 is 47.7. The van der Waals surface area contributed by atoms with Gasteiger partial charge in [0.25, 0.3) is 5.91 Å². The third-order valence-electron chi connectivity index (χ3n) is 3.65. The molecule has 0 fully saturated rings. The molecular weight excluding hydrogens is 377 g/mol. The van der Waals surface area contributed by atoms with E-state index in [4.69, 9.17) is 9.47 Å². The molecule has 0 radical (unpaired) electrons. The van der Waals surface area contributed by atoms with Gasteiger partial charge in [-0.3, -0.25) is 4.79 Å². The van der Waals surface area contributed by atoms with Gasteiger partial charge in [0.1, 0.15) is 18.1 Å². The topological polar surface area (TPSA) is 77.5 Å². The van der Waals surface area contributed by atoms with Crippen molar-refractivity contribution in [3.63, 3.8) is 0 Å². The molecule has 0 atom stereocenters. The number of halogens is 3. The third kappa shape index (κ3) is 5.70. The number of alkyl halides is 3. The summed E-state index contributed by atoms with van der Waals surface area (Å²) in [6, 6.07) is 7.14. The second kappa shape index (κ2) is 9.20. The first-order chi connectivity index (χ1) is 13.2. The minimum atomic E-state index is -4.40. The Kier molecular flexibility index (Phi) is 6.97. The minimum absolute atomic E-state index is 0.0665. The number of carbonyl (C=O) groups excluding carboxylic acids is 2. The second-order valence-electron chi connectivity index (χ2n) is 5.68. The van der Waals surface area contributed by atoms with Crippen molar-refractivity contribution in [2.24, 2.45) is 0 Å². The monoisotopic (exact) mass is 396 g/mol. The van der Waals surface area contributed by atoms with Crippen molar-refractivity contribution in [1.82, 2.24) is 10.3 Å². The largest absolute Gasteiger partial charge is 0.492 e. The van der Waals surface area contributed by atoms with Crippen LogP contribution in [0, 0.1) is 6.92 Å². The van der Waals surface area contributed by atoms with Gasteiger partial charge < -0.3 is 14.8 Å². The molecule has 0 aliphatic carbocycles. The van der Waals surface area contributed by atoms with Gasteiger partial charge in [0.05, 0.1) is 30.0 Å². The summed E-state index contributed by atoms with van der Waals surface area (Å²) in [4.78, 5) is 27.9. The van der Waals surface area contributed by atoms with E-state index in [1.165, 1.54) is 24.3 Å². The number of ether oxygens (including phenoxy) is 2. The first kappa shape index (κ1) is 21.2. The van der Waals surface area contributed by atoms with E-state index in [0.717, 1.165) is 12.1 Å². The van der Waals surface area contributed by atoms with E-state index < -0.39 is 23.6 Å². The first-order valence-corrected chi connectivity index (χ1v) is 8.45. The Morgan fingerprint density at radius 1 is 1.11 bits per heavy atom. The second-order valence-corrected chi connectivity index (χ2v) is 5.68. The summed E-state index contributed by atoms with van der Waals surface area (Å²) in [6.07, 6.45) is -4.40. The van der Waals surface area contributed by atoms with E-state index in [2.05, 4.69) is 10.3 Å². The molecule has 1 heterocycles. The molecular formula is C19H19F3N2O4. The zero-order valence-corrected chi connectivity index (χ0v) is 15.3. The predicted molar refractivity (Wildman–Crippen MR) is 94.2 cm³/mol. The molecule has 2 aromatic rings. The third-order valence-corrected chi connectivity index (χ3v) is 3.65. The van der Waals surface area contributed by atoms with Crippen LogP contribution in [-0.4, -0.2) is 36.6 Å². The van der Waals surface area contributed by atoms with Gasteiger partial charge in [-0.1, -0.05) is 0 Å². The maximum absolute atomic E-state index is 12.5. The lowest BCUT2D eigenvalue weighted by atomic mass is 10.2. The molecule has 1 N–H and O–H groups in total.